The minimum atomic E-state index is -0.347. The molecule has 0 bridgehead atoms. The topological polar surface area (TPSA) is 71.8 Å². The Bertz CT molecular complexity index is 408. The smallest absolute Gasteiger partial charge is 0.240 e. The summed E-state index contributed by atoms with van der Waals surface area (Å²) in [5.74, 6) is 1.00. The van der Waals surface area contributed by atoms with Gasteiger partial charge in [-0.05, 0) is 25.8 Å². The van der Waals surface area contributed by atoms with Crippen molar-refractivity contribution in [1.82, 2.24) is 25.4 Å². The average molecular weight is 251 g/mol. The second-order valence-corrected chi connectivity index (χ2v) is 4.83. The quantitative estimate of drug-likeness (QED) is 0.773. The summed E-state index contributed by atoms with van der Waals surface area (Å²) < 4.78 is 1.87. The van der Waals surface area contributed by atoms with E-state index in [1.807, 2.05) is 11.6 Å². The standard InChI is InChI=1S/C12H21N5O/c1-3-12(6-4-7-14-12)11(18)13-8-5-10-16-15-9-17(10)2/h9,14H,3-8H2,1-2H3,(H,13,18). The fraction of sp³-hybridized carbons (Fsp3) is 0.750. The Hall–Kier alpha value is -1.43. The van der Waals surface area contributed by atoms with Crippen molar-refractivity contribution < 1.29 is 4.79 Å². The van der Waals surface area contributed by atoms with E-state index in [4.69, 9.17) is 0 Å². The van der Waals surface area contributed by atoms with Crippen LogP contribution >= 0.6 is 0 Å². The van der Waals surface area contributed by atoms with Crippen molar-refractivity contribution >= 4 is 5.91 Å². The molecule has 1 amide bonds. The maximum Gasteiger partial charge on any atom is 0.240 e. The van der Waals surface area contributed by atoms with Crippen LogP contribution in [-0.4, -0.2) is 39.3 Å². The van der Waals surface area contributed by atoms with Crippen LogP contribution in [0.5, 0.6) is 0 Å². The first-order chi connectivity index (χ1) is 8.68. The van der Waals surface area contributed by atoms with Crippen LogP contribution in [0.4, 0.5) is 0 Å². The molecular formula is C12H21N5O. The molecule has 0 spiro atoms. The molecule has 0 aromatic carbocycles. The molecule has 1 fully saturated rings. The molecule has 2 heterocycles. The van der Waals surface area contributed by atoms with Crippen LogP contribution in [0.3, 0.4) is 0 Å². The largest absolute Gasteiger partial charge is 0.354 e. The van der Waals surface area contributed by atoms with E-state index < -0.39 is 0 Å². The fourth-order valence-electron chi connectivity index (χ4n) is 2.45. The lowest BCUT2D eigenvalue weighted by Gasteiger charge is -2.26. The third-order valence-electron chi connectivity index (χ3n) is 3.72. The number of hydrogen-bond donors (Lipinski definition) is 2. The van der Waals surface area contributed by atoms with Gasteiger partial charge in [0.25, 0.3) is 0 Å². The molecular weight excluding hydrogens is 230 g/mol. The van der Waals surface area contributed by atoms with Crippen LogP contribution in [0.25, 0.3) is 0 Å². The molecule has 1 aromatic rings. The summed E-state index contributed by atoms with van der Waals surface area (Å²) in [5.41, 5.74) is -0.347. The summed E-state index contributed by atoms with van der Waals surface area (Å²) in [5, 5.41) is 14.1. The lowest BCUT2D eigenvalue weighted by molar-refractivity contribution is -0.127. The molecule has 1 atom stereocenters. The van der Waals surface area contributed by atoms with Crippen molar-refractivity contribution in [1.29, 1.82) is 0 Å². The van der Waals surface area contributed by atoms with Gasteiger partial charge in [0.05, 0.1) is 5.54 Å². The number of amides is 1. The highest BCUT2D eigenvalue weighted by Crippen LogP contribution is 2.22. The summed E-state index contributed by atoms with van der Waals surface area (Å²) in [4.78, 5) is 12.2. The molecule has 2 N–H and O–H groups in total. The number of carbonyl (C=O) groups is 1. The van der Waals surface area contributed by atoms with E-state index in [9.17, 15) is 4.79 Å². The van der Waals surface area contributed by atoms with Gasteiger partial charge >= 0.3 is 0 Å². The van der Waals surface area contributed by atoms with Crippen LogP contribution in [-0.2, 0) is 18.3 Å². The number of aromatic nitrogens is 3. The Morgan fingerprint density at radius 3 is 3.06 bits per heavy atom. The first-order valence-electron chi connectivity index (χ1n) is 6.54. The molecule has 100 valence electrons. The van der Waals surface area contributed by atoms with Crippen molar-refractivity contribution in [3.8, 4) is 0 Å². The second kappa shape index (κ2) is 5.48. The van der Waals surface area contributed by atoms with Crippen LogP contribution in [0.15, 0.2) is 6.33 Å². The molecule has 6 heteroatoms. The highest BCUT2D eigenvalue weighted by Gasteiger charge is 2.38. The van der Waals surface area contributed by atoms with Crippen LogP contribution in [0.2, 0.25) is 0 Å². The molecule has 1 saturated heterocycles. The molecule has 1 aliphatic heterocycles. The predicted octanol–water partition coefficient (Wildman–Crippen LogP) is 0.00600. The van der Waals surface area contributed by atoms with Crippen molar-refractivity contribution in [3.63, 3.8) is 0 Å². The molecule has 0 saturated carbocycles. The summed E-state index contributed by atoms with van der Waals surface area (Å²) in [6.07, 6.45) is 5.22. The van der Waals surface area contributed by atoms with Crippen molar-refractivity contribution in [3.05, 3.63) is 12.2 Å². The number of rotatable bonds is 5. The molecule has 0 radical (unpaired) electrons. The zero-order valence-corrected chi connectivity index (χ0v) is 11.1. The normalized spacial score (nSPS) is 23.2. The van der Waals surface area contributed by atoms with Crippen molar-refractivity contribution in [2.45, 2.75) is 38.1 Å². The Morgan fingerprint density at radius 1 is 1.67 bits per heavy atom. The first kappa shape index (κ1) is 13.0. The molecule has 1 aliphatic rings. The van der Waals surface area contributed by atoms with Gasteiger partial charge in [-0.3, -0.25) is 4.79 Å². The van der Waals surface area contributed by atoms with Crippen LogP contribution in [0.1, 0.15) is 32.0 Å². The zero-order chi connectivity index (χ0) is 13.0. The van der Waals surface area contributed by atoms with Crippen molar-refractivity contribution in [2.75, 3.05) is 13.1 Å². The predicted molar refractivity (Wildman–Crippen MR) is 68.0 cm³/mol. The van der Waals surface area contributed by atoms with Gasteiger partial charge in [0.1, 0.15) is 12.2 Å². The van der Waals surface area contributed by atoms with Crippen molar-refractivity contribution in [2.24, 2.45) is 7.05 Å². The highest BCUT2D eigenvalue weighted by molar-refractivity contribution is 5.86. The Labute approximate surface area is 107 Å². The lowest BCUT2D eigenvalue weighted by Crippen LogP contribution is -2.53. The summed E-state index contributed by atoms with van der Waals surface area (Å²) in [6, 6.07) is 0. The lowest BCUT2D eigenvalue weighted by atomic mass is 9.93. The van der Waals surface area contributed by atoms with Gasteiger partial charge in [-0.2, -0.15) is 0 Å². The maximum absolute atomic E-state index is 12.2. The minimum absolute atomic E-state index is 0.115. The SMILES string of the molecule is CCC1(C(=O)NCCc2nncn2C)CCCN1. The van der Waals surface area contributed by atoms with Gasteiger partial charge in [-0.15, -0.1) is 10.2 Å². The van der Waals surface area contributed by atoms with Crippen LogP contribution < -0.4 is 10.6 Å². The monoisotopic (exact) mass is 251 g/mol. The molecule has 18 heavy (non-hydrogen) atoms. The van der Waals surface area contributed by atoms with Gasteiger partial charge in [0.2, 0.25) is 5.91 Å². The number of carbonyl (C=O) groups excluding carboxylic acids is 1. The van der Waals surface area contributed by atoms with E-state index in [1.54, 1.807) is 6.33 Å². The van der Waals surface area contributed by atoms with Crippen LogP contribution in [0, 0.1) is 0 Å². The third kappa shape index (κ3) is 2.53. The Morgan fingerprint density at radius 2 is 2.50 bits per heavy atom. The average Bonchev–Trinajstić information content (AvgIpc) is 2.99. The Balaban J connectivity index is 1.83. The molecule has 1 aromatic heterocycles. The number of nitrogens with zero attached hydrogens (tertiary/aromatic N) is 3. The maximum atomic E-state index is 12.2. The number of aryl methyl sites for hydroxylation is 1. The van der Waals surface area contributed by atoms with E-state index in [2.05, 4.69) is 27.8 Å². The van der Waals surface area contributed by atoms with Gasteiger partial charge in [-0.1, -0.05) is 6.92 Å². The summed E-state index contributed by atoms with van der Waals surface area (Å²) in [7, 11) is 1.91. The summed E-state index contributed by atoms with van der Waals surface area (Å²) in [6.45, 7) is 3.60. The molecule has 1 unspecified atom stereocenters. The first-order valence-corrected chi connectivity index (χ1v) is 6.54. The Kier molecular flexibility index (Phi) is 3.96. The summed E-state index contributed by atoms with van der Waals surface area (Å²) >= 11 is 0. The highest BCUT2D eigenvalue weighted by atomic mass is 16.2. The molecule has 6 nitrogen and oxygen atoms in total. The van der Waals surface area contributed by atoms with E-state index >= 15 is 0 Å². The third-order valence-corrected chi connectivity index (χ3v) is 3.72. The van der Waals surface area contributed by atoms with E-state index in [1.165, 1.54) is 0 Å². The van der Waals surface area contributed by atoms with Gasteiger partial charge in [0, 0.05) is 20.0 Å². The number of nitrogens with one attached hydrogen (secondary N) is 2. The van der Waals surface area contributed by atoms with E-state index in [0.717, 1.165) is 31.6 Å². The molecule has 2 rings (SSSR count). The second-order valence-electron chi connectivity index (χ2n) is 4.83. The number of hydrogen-bond acceptors (Lipinski definition) is 4. The van der Waals surface area contributed by atoms with E-state index in [0.29, 0.717) is 13.0 Å². The zero-order valence-electron chi connectivity index (χ0n) is 11.1. The fourth-order valence-corrected chi connectivity index (χ4v) is 2.45. The van der Waals surface area contributed by atoms with E-state index in [-0.39, 0.29) is 11.4 Å². The van der Waals surface area contributed by atoms with Gasteiger partial charge < -0.3 is 15.2 Å². The van der Waals surface area contributed by atoms with Gasteiger partial charge in [0.15, 0.2) is 0 Å². The minimum Gasteiger partial charge on any atom is -0.354 e. The van der Waals surface area contributed by atoms with Gasteiger partial charge in [-0.25, -0.2) is 0 Å². The molecule has 0 aliphatic carbocycles.